The SMILES string of the molecule is CC(C)CCN(c1cc(NN)ncn1)C1CC1. The number of hydrazine groups is 1. The molecular formula is C12H21N5. The fourth-order valence-electron chi connectivity index (χ4n) is 1.85. The molecular weight excluding hydrogens is 214 g/mol. The van der Waals surface area contributed by atoms with Crippen LogP contribution < -0.4 is 16.2 Å². The number of nitrogens with one attached hydrogen (secondary N) is 1. The van der Waals surface area contributed by atoms with Crippen LogP contribution in [0.3, 0.4) is 0 Å². The molecule has 0 bridgehead atoms. The summed E-state index contributed by atoms with van der Waals surface area (Å²) in [4.78, 5) is 10.8. The maximum absolute atomic E-state index is 5.37. The zero-order chi connectivity index (χ0) is 12.3. The standard InChI is InChI=1S/C12H21N5/c1-9(2)5-6-17(10-3-4-10)12-7-11(16-13)14-8-15-12/h7-10H,3-6,13H2,1-2H3,(H,14,15,16). The summed E-state index contributed by atoms with van der Waals surface area (Å²) in [6, 6.07) is 2.58. The minimum absolute atomic E-state index is 0.661. The Balaban J connectivity index is 2.08. The molecule has 0 atom stereocenters. The summed E-state index contributed by atoms with van der Waals surface area (Å²) < 4.78 is 0. The van der Waals surface area contributed by atoms with Gasteiger partial charge in [-0.1, -0.05) is 13.8 Å². The van der Waals surface area contributed by atoms with Crippen LogP contribution in [0.25, 0.3) is 0 Å². The lowest BCUT2D eigenvalue weighted by Gasteiger charge is -2.24. The summed E-state index contributed by atoms with van der Waals surface area (Å²) in [5, 5.41) is 0. The largest absolute Gasteiger partial charge is 0.353 e. The van der Waals surface area contributed by atoms with Crippen LogP contribution in [-0.4, -0.2) is 22.6 Å². The summed E-state index contributed by atoms with van der Waals surface area (Å²) in [5.41, 5.74) is 2.57. The van der Waals surface area contributed by atoms with Gasteiger partial charge in [-0.05, 0) is 25.2 Å². The molecule has 1 heterocycles. The Morgan fingerprint density at radius 2 is 2.24 bits per heavy atom. The lowest BCUT2D eigenvalue weighted by atomic mass is 10.1. The molecule has 0 aromatic carbocycles. The molecule has 1 aromatic rings. The molecule has 1 saturated carbocycles. The third-order valence-electron chi connectivity index (χ3n) is 3.03. The van der Waals surface area contributed by atoms with Gasteiger partial charge in [-0.25, -0.2) is 15.8 Å². The van der Waals surface area contributed by atoms with Crippen molar-refractivity contribution >= 4 is 11.6 Å². The van der Waals surface area contributed by atoms with Gasteiger partial charge in [0.15, 0.2) is 0 Å². The lowest BCUT2D eigenvalue weighted by molar-refractivity contribution is 0.568. The van der Waals surface area contributed by atoms with Crippen molar-refractivity contribution in [1.29, 1.82) is 0 Å². The van der Waals surface area contributed by atoms with E-state index in [1.54, 1.807) is 6.33 Å². The molecule has 0 aliphatic heterocycles. The maximum Gasteiger partial charge on any atom is 0.145 e. The van der Waals surface area contributed by atoms with E-state index in [9.17, 15) is 0 Å². The number of nitrogens with two attached hydrogens (primary N) is 1. The van der Waals surface area contributed by atoms with Crippen molar-refractivity contribution < 1.29 is 0 Å². The highest BCUT2D eigenvalue weighted by Crippen LogP contribution is 2.31. The Morgan fingerprint density at radius 1 is 1.47 bits per heavy atom. The molecule has 0 unspecified atom stereocenters. The van der Waals surface area contributed by atoms with E-state index in [1.807, 2.05) is 6.07 Å². The maximum atomic E-state index is 5.37. The Bertz CT molecular complexity index is 362. The molecule has 1 aromatic heterocycles. The summed E-state index contributed by atoms with van der Waals surface area (Å²) in [6.07, 6.45) is 5.29. The molecule has 1 fully saturated rings. The second kappa shape index (κ2) is 5.31. The fraction of sp³-hybridized carbons (Fsp3) is 0.667. The first-order chi connectivity index (χ1) is 8.20. The predicted molar refractivity (Wildman–Crippen MR) is 69.7 cm³/mol. The third kappa shape index (κ3) is 3.30. The minimum Gasteiger partial charge on any atom is -0.353 e. The Labute approximate surface area is 102 Å². The number of hydrogen-bond donors (Lipinski definition) is 2. The number of anilines is 2. The molecule has 0 amide bonds. The highest BCUT2D eigenvalue weighted by Gasteiger charge is 2.29. The van der Waals surface area contributed by atoms with E-state index < -0.39 is 0 Å². The van der Waals surface area contributed by atoms with Crippen LogP contribution in [0.15, 0.2) is 12.4 Å². The predicted octanol–water partition coefficient (Wildman–Crippen LogP) is 1.78. The van der Waals surface area contributed by atoms with Crippen molar-refractivity contribution in [2.24, 2.45) is 11.8 Å². The highest BCUT2D eigenvalue weighted by atomic mass is 15.3. The van der Waals surface area contributed by atoms with Crippen LogP contribution in [0, 0.1) is 5.92 Å². The molecule has 1 aliphatic carbocycles. The van der Waals surface area contributed by atoms with Crippen molar-refractivity contribution in [2.75, 3.05) is 16.9 Å². The number of aromatic nitrogens is 2. The average molecular weight is 235 g/mol. The monoisotopic (exact) mass is 235 g/mol. The molecule has 94 valence electrons. The van der Waals surface area contributed by atoms with E-state index in [2.05, 4.69) is 34.1 Å². The summed E-state index contributed by atoms with van der Waals surface area (Å²) in [5.74, 6) is 7.74. The third-order valence-corrected chi connectivity index (χ3v) is 3.03. The zero-order valence-corrected chi connectivity index (χ0v) is 10.6. The smallest absolute Gasteiger partial charge is 0.145 e. The van der Waals surface area contributed by atoms with E-state index in [1.165, 1.54) is 19.3 Å². The summed E-state index contributed by atoms with van der Waals surface area (Å²) in [7, 11) is 0. The van der Waals surface area contributed by atoms with E-state index in [0.29, 0.717) is 17.8 Å². The van der Waals surface area contributed by atoms with Crippen molar-refractivity contribution in [3.05, 3.63) is 12.4 Å². The van der Waals surface area contributed by atoms with Gasteiger partial charge in [0.1, 0.15) is 18.0 Å². The quantitative estimate of drug-likeness (QED) is 0.581. The molecule has 2 rings (SSSR count). The van der Waals surface area contributed by atoms with Crippen LogP contribution >= 0.6 is 0 Å². The van der Waals surface area contributed by atoms with Crippen molar-refractivity contribution in [2.45, 2.75) is 39.2 Å². The Hall–Kier alpha value is -1.36. The number of nitrogens with zero attached hydrogens (tertiary/aromatic N) is 3. The first-order valence-electron chi connectivity index (χ1n) is 6.26. The highest BCUT2D eigenvalue weighted by molar-refractivity contribution is 5.49. The molecule has 5 nitrogen and oxygen atoms in total. The van der Waals surface area contributed by atoms with Gasteiger partial charge in [0.05, 0.1) is 0 Å². The van der Waals surface area contributed by atoms with E-state index in [4.69, 9.17) is 5.84 Å². The number of hydrogen-bond acceptors (Lipinski definition) is 5. The fourth-order valence-corrected chi connectivity index (χ4v) is 1.85. The Kier molecular flexibility index (Phi) is 3.78. The van der Waals surface area contributed by atoms with Crippen molar-refractivity contribution in [3.8, 4) is 0 Å². The second-order valence-corrected chi connectivity index (χ2v) is 5.01. The van der Waals surface area contributed by atoms with Gasteiger partial charge in [-0.3, -0.25) is 0 Å². The average Bonchev–Trinajstić information content (AvgIpc) is 3.14. The zero-order valence-electron chi connectivity index (χ0n) is 10.6. The lowest BCUT2D eigenvalue weighted by Crippen LogP contribution is -2.28. The van der Waals surface area contributed by atoms with Gasteiger partial charge < -0.3 is 10.3 Å². The first-order valence-corrected chi connectivity index (χ1v) is 6.26. The molecule has 17 heavy (non-hydrogen) atoms. The van der Waals surface area contributed by atoms with Crippen LogP contribution in [0.5, 0.6) is 0 Å². The van der Waals surface area contributed by atoms with Crippen molar-refractivity contribution in [1.82, 2.24) is 9.97 Å². The minimum atomic E-state index is 0.661. The molecule has 0 radical (unpaired) electrons. The van der Waals surface area contributed by atoms with Crippen LogP contribution in [0.1, 0.15) is 33.1 Å². The molecule has 0 spiro atoms. The molecule has 0 saturated heterocycles. The molecule has 1 aliphatic rings. The van der Waals surface area contributed by atoms with Gasteiger partial charge in [0.2, 0.25) is 0 Å². The molecule has 3 N–H and O–H groups in total. The van der Waals surface area contributed by atoms with E-state index in [0.717, 1.165) is 12.4 Å². The van der Waals surface area contributed by atoms with E-state index >= 15 is 0 Å². The van der Waals surface area contributed by atoms with Gasteiger partial charge >= 0.3 is 0 Å². The van der Waals surface area contributed by atoms with E-state index in [-0.39, 0.29) is 0 Å². The van der Waals surface area contributed by atoms with Crippen LogP contribution in [-0.2, 0) is 0 Å². The topological polar surface area (TPSA) is 67.1 Å². The summed E-state index contributed by atoms with van der Waals surface area (Å²) >= 11 is 0. The van der Waals surface area contributed by atoms with Gasteiger partial charge in [-0.2, -0.15) is 0 Å². The van der Waals surface area contributed by atoms with Crippen LogP contribution in [0.4, 0.5) is 11.6 Å². The normalized spacial score (nSPS) is 15.1. The van der Waals surface area contributed by atoms with Crippen molar-refractivity contribution in [3.63, 3.8) is 0 Å². The van der Waals surface area contributed by atoms with Gasteiger partial charge in [0.25, 0.3) is 0 Å². The Morgan fingerprint density at radius 3 is 2.82 bits per heavy atom. The van der Waals surface area contributed by atoms with Gasteiger partial charge in [-0.15, -0.1) is 0 Å². The van der Waals surface area contributed by atoms with Crippen LogP contribution in [0.2, 0.25) is 0 Å². The second-order valence-electron chi connectivity index (χ2n) is 5.01. The van der Waals surface area contributed by atoms with Gasteiger partial charge in [0, 0.05) is 18.7 Å². The number of nitrogen functional groups attached to an aromatic ring is 1. The summed E-state index contributed by atoms with van der Waals surface area (Å²) in [6.45, 7) is 5.55. The molecule has 5 heteroatoms. The number of rotatable bonds is 6. The first kappa shape index (κ1) is 12.1.